The molecule has 1 unspecified atom stereocenters. The third kappa shape index (κ3) is 7.84. The minimum absolute atomic E-state index is 0.0340. The average molecular weight is 612 g/mol. The Bertz CT molecular complexity index is 1530. The van der Waals surface area contributed by atoms with Gasteiger partial charge in [0.15, 0.2) is 0 Å². The van der Waals surface area contributed by atoms with Gasteiger partial charge in [-0.05, 0) is 70.1 Å². The molecule has 2 aromatic heterocycles. The van der Waals surface area contributed by atoms with Gasteiger partial charge in [-0.15, -0.1) is 0 Å². The summed E-state index contributed by atoms with van der Waals surface area (Å²) in [5, 5.41) is 4.35. The van der Waals surface area contributed by atoms with Crippen molar-refractivity contribution in [1.82, 2.24) is 19.9 Å². The van der Waals surface area contributed by atoms with Gasteiger partial charge in [0, 0.05) is 54.8 Å². The fourth-order valence-corrected chi connectivity index (χ4v) is 6.75. The van der Waals surface area contributed by atoms with Gasteiger partial charge in [-0.25, -0.2) is 18.4 Å². The highest BCUT2D eigenvalue weighted by Gasteiger charge is 2.34. The molecule has 232 valence electrons. The number of anilines is 1. The molecule has 43 heavy (non-hydrogen) atoms. The molecule has 11 nitrogen and oxygen atoms in total. The minimum Gasteiger partial charge on any atom is -0.493 e. The number of likely N-dealkylation sites (tertiary alicyclic amines) is 1. The Kier molecular flexibility index (Phi) is 9.84. The molecule has 1 amide bonds. The van der Waals surface area contributed by atoms with Crippen molar-refractivity contribution < 1.29 is 27.5 Å². The lowest BCUT2D eigenvalue weighted by Gasteiger charge is -2.36. The lowest BCUT2D eigenvalue weighted by molar-refractivity contribution is -0.152. The van der Waals surface area contributed by atoms with Crippen molar-refractivity contribution in [1.29, 1.82) is 0 Å². The number of sulfone groups is 1. The molecular formula is C31H41N5O6S. The summed E-state index contributed by atoms with van der Waals surface area (Å²) in [7, 11) is -3.04. The van der Waals surface area contributed by atoms with Gasteiger partial charge in [-0.3, -0.25) is 9.59 Å². The number of hydrogen-bond acceptors (Lipinski definition) is 9. The van der Waals surface area contributed by atoms with E-state index in [0.29, 0.717) is 44.4 Å². The second-order valence-corrected chi connectivity index (χ2v) is 13.8. The van der Waals surface area contributed by atoms with E-state index in [1.807, 2.05) is 35.4 Å². The summed E-state index contributed by atoms with van der Waals surface area (Å²) in [6.07, 6.45) is 10.1. The highest BCUT2D eigenvalue weighted by atomic mass is 32.2. The largest absolute Gasteiger partial charge is 0.493 e. The number of fused-ring (bicyclic) bond motifs is 1. The fourth-order valence-electron chi connectivity index (χ4n) is 6.11. The van der Waals surface area contributed by atoms with Crippen LogP contribution in [0.2, 0.25) is 0 Å². The number of nitrogens with zero attached hydrogens (tertiary/aromatic N) is 3. The van der Waals surface area contributed by atoms with E-state index in [2.05, 4.69) is 15.3 Å². The zero-order chi connectivity index (χ0) is 30.4. The molecule has 3 heterocycles. The van der Waals surface area contributed by atoms with Crippen molar-refractivity contribution in [2.75, 3.05) is 43.6 Å². The number of esters is 1. The van der Waals surface area contributed by atoms with Gasteiger partial charge in [0.25, 0.3) is 0 Å². The molecule has 2 N–H and O–H groups in total. The molecule has 1 saturated carbocycles. The first-order chi connectivity index (χ1) is 20.7. The van der Waals surface area contributed by atoms with E-state index < -0.39 is 9.84 Å². The summed E-state index contributed by atoms with van der Waals surface area (Å²) in [5.74, 6) is 0.972. The molecule has 5 rings (SSSR count). The van der Waals surface area contributed by atoms with Crippen LogP contribution in [0.25, 0.3) is 22.2 Å². The first-order valence-corrected chi connectivity index (χ1v) is 17.2. The summed E-state index contributed by atoms with van der Waals surface area (Å²) >= 11 is 0. The van der Waals surface area contributed by atoms with Gasteiger partial charge in [0.2, 0.25) is 11.9 Å². The van der Waals surface area contributed by atoms with Crippen molar-refractivity contribution >= 4 is 38.6 Å². The van der Waals surface area contributed by atoms with Crippen LogP contribution in [0.1, 0.15) is 51.9 Å². The number of H-pyrrole nitrogens is 1. The predicted octanol–water partition coefficient (Wildman–Crippen LogP) is 4.21. The van der Waals surface area contributed by atoms with Crippen LogP contribution in [0.15, 0.2) is 36.7 Å². The summed E-state index contributed by atoms with van der Waals surface area (Å²) in [6.45, 7) is 3.62. The van der Waals surface area contributed by atoms with Crippen LogP contribution in [-0.4, -0.2) is 84.5 Å². The Morgan fingerprint density at radius 2 is 1.93 bits per heavy atom. The van der Waals surface area contributed by atoms with Crippen molar-refractivity contribution in [3.8, 4) is 17.0 Å². The minimum atomic E-state index is -3.04. The number of aromatic nitrogens is 3. The van der Waals surface area contributed by atoms with E-state index in [9.17, 15) is 18.0 Å². The van der Waals surface area contributed by atoms with E-state index in [1.54, 1.807) is 13.1 Å². The SMILES string of the molecule is CCOC(=O)C1CCCN(C(=O)C2CCC(Nc3nccc(-c4c[nH]c5cccc(OCCCS(C)(=O)=O)c45)n3)CC2)C1. The number of hydrogen-bond donors (Lipinski definition) is 2. The maximum Gasteiger partial charge on any atom is 0.310 e. The Morgan fingerprint density at radius 1 is 1.12 bits per heavy atom. The summed E-state index contributed by atoms with van der Waals surface area (Å²) in [5.41, 5.74) is 2.51. The molecule has 1 aromatic carbocycles. The lowest BCUT2D eigenvalue weighted by atomic mass is 9.84. The maximum atomic E-state index is 13.3. The number of amides is 1. The number of carbonyl (C=O) groups is 2. The Labute approximate surface area is 252 Å². The van der Waals surface area contributed by atoms with Gasteiger partial charge in [-0.2, -0.15) is 0 Å². The number of benzene rings is 1. The molecule has 2 aliphatic rings. The molecule has 2 fully saturated rings. The van der Waals surface area contributed by atoms with Gasteiger partial charge in [0.05, 0.1) is 36.0 Å². The Hall–Kier alpha value is -3.67. The molecule has 12 heteroatoms. The number of piperidine rings is 1. The standard InChI is InChI=1S/C31H41N5O6S/c1-3-41-30(38)22-7-5-16-36(20-22)29(37)21-10-12-23(13-11-21)34-31-32-15-14-25(35-31)24-19-33-26-8-4-9-27(28(24)26)42-17-6-18-43(2,39)40/h4,8-9,14-15,19,21-23,33H,3,5-7,10-13,16-18,20H2,1-2H3,(H,32,34,35). The van der Waals surface area contributed by atoms with Crippen LogP contribution < -0.4 is 10.1 Å². The maximum absolute atomic E-state index is 13.3. The third-order valence-electron chi connectivity index (χ3n) is 8.28. The van der Waals surface area contributed by atoms with Crippen molar-refractivity contribution in [3.05, 3.63) is 36.7 Å². The molecule has 1 aliphatic carbocycles. The van der Waals surface area contributed by atoms with Crippen LogP contribution in [0.5, 0.6) is 5.75 Å². The van der Waals surface area contributed by atoms with Gasteiger partial charge in [0.1, 0.15) is 15.6 Å². The van der Waals surface area contributed by atoms with E-state index >= 15 is 0 Å². The van der Waals surface area contributed by atoms with Crippen molar-refractivity contribution in [3.63, 3.8) is 0 Å². The number of nitrogens with one attached hydrogen (secondary N) is 2. The van der Waals surface area contributed by atoms with Gasteiger partial charge in [-0.1, -0.05) is 6.07 Å². The van der Waals surface area contributed by atoms with Gasteiger partial charge < -0.3 is 24.7 Å². The van der Waals surface area contributed by atoms with Crippen LogP contribution in [0, 0.1) is 11.8 Å². The van der Waals surface area contributed by atoms with E-state index in [-0.39, 0.29) is 35.5 Å². The quantitative estimate of drug-likeness (QED) is 0.241. The molecule has 3 aromatic rings. The second kappa shape index (κ2) is 13.7. The summed E-state index contributed by atoms with van der Waals surface area (Å²) in [6, 6.07) is 7.74. The molecular weight excluding hydrogens is 570 g/mol. The molecule has 0 spiro atoms. The Balaban J connectivity index is 1.19. The van der Waals surface area contributed by atoms with Crippen molar-refractivity contribution in [2.24, 2.45) is 11.8 Å². The van der Waals surface area contributed by atoms with E-state index in [1.165, 1.54) is 6.26 Å². The lowest BCUT2D eigenvalue weighted by Crippen LogP contribution is -2.46. The molecule has 0 bridgehead atoms. The van der Waals surface area contributed by atoms with Crippen LogP contribution in [0.4, 0.5) is 5.95 Å². The summed E-state index contributed by atoms with van der Waals surface area (Å²) < 4.78 is 34.1. The van der Waals surface area contributed by atoms with Crippen LogP contribution in [-0.2, 0) is 24.2 Å². The molecule has 1 saturated heterocycles. The smallest absolute Gasteiger partial charge is 0.310 e. The number of carbonyl (C=O) groups excluding carboxylic acids is 2. The predicted molar refractivity (Wildman–Crippen MR) is 164 cm³/mol. The second-order valence-electron chi connectivity index (χ2n) is 11.5. The van der Waals surface area contributed by atoms with Crippen LogP contribution in [0.3, 0.4) is 0 Å². The number of rotatable bonds is 11. The normalized spacial score (nSPS) is 21.0. The molecule has 0 radical (unpaired) electrons. The first-order valence-electron chi connectivity index (χ1n) is 15.2. The number of ether oxygens (including phenoxy) is 2. The average Bonchev–Trinajstić information content (AvgIpc) is 3.44. The summed E-state index contributed by atoms with van der Waals surface area (Å²) in [4.78, 5) is 39.9. The monoisotopic (exact) mass is 611 g/mol. The molecule has 1 atom stereocenters. The van der Waals surface area contributed by atoms with Gasteiger partial charge >= 0.3 is 5.97 Å². The Morgan fingerprint density at radius 3 is 2.70 bits per heavy atom. The molecule has 1 aliphatic heterocycles. The highest BCUT2D eigenvalue weighted by molar-refractivity contribution is 7.90. The topological polar surface area (TPSA) is 144 Å². The third-order valence-corrected chi connectivity index (χ3v) is 9.31. The van der Waals surface area contributed by atoms with Crippen molar-refractivity contribution in [2.45, 2.75) is 57.9 Å². The first kappa shape index (κ1) is 30.8. The zero-order valence-electron chi connectivity index (χ0n) is 24.9. The van der Waals surface area contributed by atoms with Crippen LogP contribution >= 0.6 is 0 Å². The fraction of sp³-hybridized carbons (Fsp3) is 0.548. The highest BCUT2D eigenvalue weighted by Crippen LogP contribution is 2.35. The van der Waals surface area contributed by atoms with E-state index in [0.717, 1.165) is 60.7 Å². The van der Waals surface area contributed by atoms with E-state index in [4.69, 9.17) is 14.5 Å². The number of aromatic amines is 1. The zero-order valence-corrected chi connectivity index (χ0v) is 25.7.